The Labute approximate surface area is 118 Å². The lowest BCUT2D eigenvalue weighted by Gasteiger charge is -2.25. The van der Waals surface area contributed by atoms with Crippen LogP contribution in [0.15, 0.2) is 36.5 Å². The molecule has 5 nitrogen and oxygen atoms in total. The molecular weight excluding hydrogens is 254 g/mol. The number of benzene rings is 1. The van der Waals surface area contributed by atoms with Gasteiger partial charge in [-0.3, -0.25) is 4.90 Å². The van der Waals surface area contributed by atoms with Crippen LogP contribution in [0, 0.1) is 0 Å². The van der Waals surface area contributed by atoms with Gasteiger partial charge in [-0.05, 0) is 30.3 Å². The standard InChI is InChI=1S/C15H19N3O2/c1-19-15-4-2-14(3-5-15)18-7-6-13(16-18)12-17-8-10-20-11-9-17/h2-7H,8-12H2,1H3. The van der Waals surface area contributed by atoms with Crippen LogP contribution >= 0.6 is 0 Å². The molecule has 1 aromatic heterocycles. The fraction of sp³-hybridized carbons (Fsp3) is 0.400. The topological polar surface area (TPSA) is 39.5 Å². The molecule has 0 aliphatic carbocycles. The molecule has 0 saturated carbocycles. The lowest BCUT2D eigenvalue weighted by Crippen LogP contribution is -2.35. The summed E-state index contributed by atoms with van der Waals surface area (Å²) in [5.41, 5.74) is 2.13. The molecule has 5 heteroatoms. The van der Waals surface area contributed by atoms with Crippen LogP contribution < -0.4 is 4.74 Å². The maximum atomic E-state index is 5.35. The molecule has 2 aromatic rings. The molecule has 106 valence electrons. The van der Waals surface area contributed by atoms with E-state index in [9.17, 15) is 0 Å². The molecule has 0 atom stereocenters. The zero-order valence-corrected chi connectivity index (χ0v) is 11.7. The number of hydrogen-bond acceptors (Lipinski definition) is 4. The second-order valence-corrected chi connectivity index (χ2v) is 4.84. The zero-order chi connectivity index (χ0) is 13.8. The van der Waals surface area contributed by atoms with Crippen molar-refractivity contribution >= 4 is 0 Å². The molecule has 0 spiro atoms. The van der Waals surface area contributed by atoms with Crippen LogP contribution in [-0.2, 0) is 11.3 Å². The fourth-order valence-corrected chi connectivity index (χ4v) is 2.31. The second-order valence-electron chi connectivity index (χ2n) is 4.84. The monoisotopic (exact) mass is 273 g/mol. The molecule has 0 bridgehead atoms. The average molecular weight is 273 g/mol. The van der Waals surface area contributed by atoms with Gasteiger partial charge in [-0.2, -0.15) is 5.10 Å². The van der Waals surface area contributed by atoms with E-state index >= 15 is 0 Å². The van der Waals surface area contributed by atoms with Crippen molar-refractivity contribution in [2.75, 3.05) is 33.4 Å². The number of nitrogens with zero attached hydrogens (tertiary/aromatic N) is 3. The second kappa shape index (κ2) is 6.07. The van der Waals surface area contributed by atoms with Gasteiger partial charge >= 0.3 is 0 Å². The first-order chi connectivity index (χ1) is 9.85. The number of hydrogen-bond donors (Lipinski definition) is 0. The van der Waals surface area contributed by atoms with E-state index in [0.717, 1.165) is 50.0 Å². The van der Waals surface area contributed by atoms with Crippen molar-refractivity contribution in [2.24, 2.45) is 0 Å². The largest absolute Gasteiger partial charge is 0.497 e. The Morgan fingerprint density at radius 1 is 1.15 bits per heavy atom. The van der Waals surface area contributed by atoms with Crippen molar-refractivity contribution in [3.05, 3.63) is 42.2 Å². The summed E-state index contributed by atoms with van der Waals surface area (Å²) in [7, 11) is 1.67. The third-order valence-electron chi connectivity index (χ3n) is 3.47. The number of ether oxygens (including phenoxy) is 2. The molecular formula is C15H19N3O2. The molecule has 0 radical (unpaired) electrons. The first kappa shape index (κ1) is 13.1. The molecule has 0 unspecified atom stereocenters. The van der Waals surface area contributed by atoms with E-state index in [1.165, 1.54) is 0 Å². The minimum atomic E-state index is 0.819. The van der Waals surface area contributed by atoms with E-state index in [2.05, 4.69) is 16.1 Å². The summed E-state index contributed by atoms with van der Waals surface area (Å²) in [4.78, 5) is 2.37. The normalized spacial score (nSPS) is 16.2. The van der Waals surface area contributed by atoms with Crippen molar-refractivity contribution in [2.45, 2.75) is 6.54 Å². The van der Waals surface area contributed by atoms with Crippen LogP contribution in [-0.4, -0.2) is 48.1 Å². The van der Waals surface area contributed by atoms with E-state index in [-0.39, 0.29) is 0 Å². The number of aromatic nitrogens is 2. The fourth-order valence-electron chi connectivity index (χ4n) is 2.31. The van der Waals surface area contributed by atoms with Gasteiger partial charge in [-0.1, -0.05) is 0 Å². The van der Waals surface area contributed by atoms with Crippen LogP contribution in [0.4, 0.5) is 0 Å². The Bertz CT molecular complexity index is 545. The molecule has 1 saturated heterocycles. The molecule has 0 amide bonds. The Morgan fingerprint density at radius 2 is 1.90 bits per heavy atom. The summed E-state index contributed by atoms with van der Waals surface area (Å²) >= 11 is 0. The van der Waals surface area contributed by atoms with Crippen molar-refractivity contribution in [3.8, 4) is 11.4 Å². The van der Waals surface area contributed by atoms with Crippen molar-refractivity contribution in [1.82, 2.24) is 14.7 Å². The first-order valence-electron chi connectivity index (χ1n) is 6.84. The molecule has 0 N–H and O–H groups in total. The van der Waals surface area contributed by atoms with Crippen LogP contribution in [0.3, 0.4) is 0 Å². The van der Waals surface area contributed by atoms with E-state index in [1.54, 1.807) is 7.11 Å². The number of methoxy groups -OCH3 is 1. The van der Waals surface area contributed by atoms with Gasteiger partial charge in [0.15, 0.2) is 0 Å². The van der Waals surface area contributed by atoms with Crippen LogP contribution in [0.25, 0.3) is 5.69 Å². The van der Waals surface area contributed by atoms with Crippen molar-refractivity contribution in [1.29, 1.82) is 0 Å². The highest BCUT2D eigenvalue weighted by Crippen LogP contribution is 2.15. The molecule has 1 aliphatic rings. The van der Waals surface area contributed by atoms with E-state index in [1.807, 2.05) is 35.1 Å². The zero-order valence-electron chi connectivity index (χ0n) is 11.7. The minimum absolute atomic E-state index is 0.819. The van der Waals surface area contributed by atoms with Gasteiger partial charge in [0.2, 0.25) is 0 Å². The molecule has 1 aliphatic heterocycles. The highest BCUT2D eigenvalue weighted by Gasteiger charge is 2.12. The lowest BCUT2D eigenvalue weighted by atomic mass is 10.3. The third kappa shape index (κ3) is 3.00. The smallest absolute Gasteiger partial charge is 0.119 e. The number of morpholine rings is 1. The van der Waals surface area contributed by atoms with E-state index in [4.69, 9.17) is 9.47 Å². The predicted molar refractivity (Wildman–Crippen MR) is 76.2 cm³/mol. The molecule has 2 heterocycles. The molecule has 1 fully saturated rings. The Balaban J connectivity index is 1.68. The summed E-state index contributed by atoms with van der Waals surface area (Å²) in [5, 5.41) is 4.62. The van der Waals surface area contributed by atoms with Crippen LogP contribution in [0.1, 0.15) is 5.69 Å². The van der Waals surface area contributed by atoms with Gasteiger partial charge in [0.25, 0.3) is 0 Å². The summed E-state index contributed by atoms with van der Waals surface area (Å²) in [6.07, 6.45) is 2.00. The van der Waals surface area contributed by atoms with Gasteiger partial charge in [0, 0.05) is 25.8 Å². The first-order valence-corrected chi connectivity index (χ1v) is 6.84. The average Bonchev–Trinajstić information content (AvgIpc) is 2.97. The predicted octanol–water partition coefficient (Wildman–Crippen LogP) is 1.71. The third-order valence-corrected chi connectivity index (χ3v) is 3.47. The van der Waals surface area contributed by atoms with Crippen LogP contribution in [0.2, 0.25) is 0 Å². The highest BCUT2D eigenvalue weighted by molar-refractivity contribution is 5.36. The molecule has 1 aromatic carbocycles. The summed E-state index contributed by atoms with van der Waals surface area (Å²) in [6, 6.07) is 9.96. The Morgan fingerprint density at radius 3 is 2.60 bits per heavy atom. The molecule has 3 rings (SSSR count). The number of rotatable bonds is 4. The quantitative estimate of drug-likeness (QED) is 0.850. The maximum absolute atomic E-state index is 5.35. The maximum Gasteiger partial charge on any atom is 0.119 e. The highest BCUT2D eigenvalue weighted by atomic mass is 16.5. The van der Waals surface area contributed by atoms with Crippen LogP contribution in [0.5, 0.6) is 5.75 Å². The van der Waals surface area contributed by atoms with E-state index < -0.39 is 0 Å². The Hall–Kier alpha value is -1.85. The molecule has 20 heavy (non-hydrogen) atoms. The van der Waals surface area contributed by atoms with E-state index in [0.29, 0.717) is 0 Å². The van der Waals surface area contributed by atoms with Gasteiger partial charge < -0.3 is 9.47 Å². The minimum Gasteiger partial charge on any atom is -0.497 e. The lowest BCUT2D eigenvalue weighted by molar-refractivity contribution is 0.0336. The Kier molecular flexibility index (Phi) is 3.99. The van der Waals surface area contributed by atoms with Crippen molar-refractivity contribution in [3.63, 3.8) is 0 Å². The van der Waals surface area contributed by atoms with Gasteiger partial charge in [-0.25, -0.2) is 4.68 Å². The van der Waals surface area contributed by atoms with Gasteiger partial charge in [-0.15, -0.1) is 0 Å². The summed E-state index contributed by atoms with van der Waals surface area (Å²) in [5.74, 6) is 0.856. The van der Waals surface area contributed by atoms with Gasteiger partial charge in [0.05, 0.1) is 31.7 Å². The van der Waals surface area contributed by atoms with Crippen molar-refractivity contribution < 1.29 is 9.47 Å². The summed E-state index contributed by atoms with van der Waals surface area (Å²) in [6.45, 7) is 4.48. The van der Waals surface area contributed by atoms with Gasteiger partial charge in [0.1, 0.15) is 5.75 Å². The summed E-state index contributed by atoms with van der Waals surface area (Å²) < 4.78 is 12.4. The SMILES string of the molecule is COc1ccc(-n2ccc(CN3CCOCC3)n2)cc1.